The Morgan fingerprint density at radius 2 is 1.65 bits per heavy atom. The normalized spacial score (nSPS) is 11.1. The molecular weight excluding hydrogens is 390 g/mol. The summed E-state index contributed by atoms with van der Waals surface area (Å²) in [6.07, 6.45) is 0. The Hall–Kier alpha value is -4.19. The molecule has 152 valence electrons. The topological polar surface area (TPSA) is 79.2 Å². The molecule has 0 atom stereocenters. The number of aromatic nitrogens is 2. The van der Waals surface area contributed by atoms with Gasteiger partial charge in [0.25, 0.3) is 11.5 Å². The summed E-state index contributed by atoms with van der Waals surface area (Å²) in [4.78, 5) is 34.9. The number of carbonyl (C=O) groups excluding carboxylic acids is 1. The fourth-order valence-electron chi connectivity index (χ4n) is 3.64. The van der Waals surface area contributed by atoms with Crippen LogP contribution in [-0.2, 0) is 13.1 Å². The van der Waals surface area contributed by atoms with Gasteiger partial charge in [-0.25, -0.2) is 4.98 Å². The standard InChI is InChI=1S/C25H19N3O3/c29-24-19-11-5-6-12-20(19)26-23(27-24)16-28(15-17-8-2-1-3-9-17)25(30)22-14-18-10-4-7-13-21(18)31-22/h1-14H,15-16H2,(H,26,27,29). The van der Waals surface area contributed by atoms with Crippen molar-refractivity contribution in [2.75, 3.05) is 0 Å². The maximum atomic E-state index is 13.4. The Labute approximate surface area is 177 Å². The van der Waals surface area contributed by atoms with E-state index in [1.165, 1.54) is 0 Å². The molecule has 2 heterocycles. The van der Waals surface area contributed by atoms with Crippen molar-refractivity contribution in [2.24, 2.45) is 0 Å². The van der Waals surface area contributed by atoms with Gasteiger partial charge in [-0.15, -0.1) is 0 Å². The van der Waals surface area contributed by atoms with Crippen molar-refractivity contribution in [3.05, 3.63) is 112 Å². The zero-order valence-corrected chi connectivity index (χ0v) is 16.6. The van der Waals surface area contributed by atoms with Gasteiger partial charge in [0.05, 0.1) is 17.4 Å². The Morgan fingerprint density at radius 1 is 0.903 bits per heavy atom. The van der Waals surface area contributed by atoms with Crippen LogP contribution in [0.5, 0.6) is 0 Å². The highest BCUT2D eigenvalue weighted by atomic mass is 16.3. The van der Waals surface area contributed by atoms with Crippen molar-refractivity contribution < 1.29 is 9.21 Å². The fraction of sp³-hybridized carbons (Fsp3) is 0.0800. The van der Waals surface area contributed by atoms with Crippen molar-refractivity contribution in [3.63, 3.8) is 0 Å². The molecule has 31 heavy (non-hydrogen) atoms. The Morgan fingerprint density at radius 3 is 2.48 bits per heavy atom. The Bertz CT molecular complexity index is 1400. The van der Waals surface area contributed by atoms with Gasteiger partial charge < -0.3 is 14.3 Å². The largest absolute Gasteiger partial charge is 0.451 e. The van der Waals surface area contributed by atoms with Gasteiger partial charge in [0.15, 0.2) is 5.76 Å². The number of fused-ring (bicyclic) bond motifs is 2. The number of rotatable bonds is 5. The zero-order chi connectivity index (χ0) is 21.2. The average Bonchev–Trinajstić information content (AvgIpc) is 3.23. The van der Waals surface area contributed by atoms with Gasteiger partial charge in [-0.3, -0.25) is 9.59 Å². The van der Waals surface area contributed by atoms with Crippen LogP contribution in [0.1, 0.15) is 21.9 Å². The smallest absolute Gasteiger partial charge is 0.290 e. The van der Waals surface area contributed by atoms with E-state index in [0.717, 1.165) is 10.9 Å². The van der Waals surface area contributed by atoms with Crippen LogP contribution < -0.4 is 5.56 Å². The molecule has 6 nitrogen and oxygen atoms in total. The monoisotopic (exact) mass is 409 g/mol. The van der Waals surface area contributed by atoms with E-state index >= 15 is 0 Å². The lowest BCUT2D eigenvalue weighted by atomic mass is 10.2. The van der Waals surface area contributed by atoms with Crippen molar-refractivity contribution in [1.82, 2.24) is 14.9 Å². The molecule has 3 aromatic carbocycles. The van der Waals surface area contributed by atoms with E-state index < -0.39 is 0 Å². The van der Waals surface area contributed by atoms with Crippen molar-refractivity contribution >= 4 is 27.8 Å². The Kier molecular flexibility index (Phi) is 4.80. The van der Waals surface area contributed by atoms with E-state index in [4.69, 9.17) is 4.42 Å². The van der Waals surface area contributed by atoms with E-state index in [9.17, 15) is 9.59 Å². The number of benzene rings is 3. The van der Waals surface area contributed by atoms with Gasteiger partial charge >= 0.3 is 0 Å². The number of aromatic amines is 1. The minimum atomic E-state index is -0.268. The molecule has 0 aliphatic carbocycles. The number of nitrogens with zero attached hydrogens (tertiary/aromatic N) is 2. The molecule has 2 aromatic heterocycles. The highest BCUT2D eigenvalue weighted by molar-refractivity contribution is 5.96. The molecule has 0 spiro atoms. The number of furan rings is 1. The molecule has 0 saturated carbocycles. The molecule has 0 aliphatic heterocycles. The maximum Gasteiger partial charge on any atom is 0.290 e. The summed E-state index contributed by atoms with van der Waals surface area (Å²) in [7, 11) is 0. The predicted octanol–water partition coefficient (Wildman–Crippen LogP) is 4.51. The number of para-hydroxylation sites is 2. The molecule has 0 unspecified atom stereocenters. The van der Waals surface area contributed by atoms with Gasteiger partial charge in [-0.05, 0) is 29.8 Å². The molecule has 0 fully saturated rings. The first-order valence-corrected chi connectivity index (χ1v) is 9.97. The van der Waals surface area contributed by atoms with Crippen LogP contribution >= 0.6 is 0 Å². The van der Waals surface area contributed by atoms with Gasteiger partial charge in [0.2, 0.25) is 0 Å². The van der Waals surface area contributed by atoms with Crippen molar-refractivity contribution in [1.29, 1.82) is 0 Å². The van der Waals surface area contributed by atoms with Crippen LogP contribution in [0.25, 0.3) is 21.9 Å². The van der Waals surface area contributed by atoms with Gasteiger partial charge in [-0.1, -0.05) is 60.7 Å². The number of carbonyl (C=O) groups is 1. The van der Waals surface area contributed by atoms with Gasteiger partial charge in [-0.2, -0.15) is 0 Å². The van der Waals surface area contributed by atoms with E-state index in [2.05, 4.69) is 9.97 Å². The summed E-state index contributed by atoms with van der Waals surface area (Å²) in [6.45, 7) is 0.498. The molecule has 5 rings (SSSR count). The second kappa shape index (κ2) is 7.91. The number of H-pyrrole nitrogens is 1. The van der Waals surface area contributed by atoms with Crippen molar-refractivity contribution in [3.8, 4) is 0 Å². The first-order valence-electron chi connectivity index (χ1n) is 9.97. The molecule has 6 heteroatoms. The van der Waals surface area contributed by atoms with E-state index in [-0.39, 0.29) is 23.8 Å². The SMILES string of the molecule is O=C(c1cc2ccccc2o1)N(Cc1ccccc1)Cc1nc2ccccc2c(=O)[nH]1. The molecular formula is C25H19N3O3. The third kappa shape index (κ3) is 3.83. The van der Waals surface area contributed by atoms with Crippen LogP contribution in [-0.4, -0.2) is 20.8 Å². The van der Waals surface area contributed by atoms with Crippen LogP contribution in [0.15, 0.2) is 94.1 Å². The minimum Gasteiger partial charge on any atom is -0.451 e. The molecule has 0 saturated heterocycles. The van der Waals surface area contributed by atoms with Crippen LogP contribution in [0.3, 0.4) is 0 Å². The summed E-state index contributed by atoms with van der Waals surface area (Å²) in [5, 5.41) is 1.38. The lowest BCUT2D eigenvalue weighted by Gasteiger charge is -2.21. The van der Waals surface area contributed by atoms with E-state index in [0.29, 0.717) is 28.9 Å². The van der Waals surface area contributed by atoms with Crippen LogP contribution in [0.4, 0.5) is 0 Å². The molecule has 1 amide bonds. The number of amides is 1. The van der Waals surface area contributed by atoms with Gasteiger partial charge in [0.1, 0.15) is 11.4 Å². The summed E-state index contributed by atoms with van der Waals surface area (Å²) >= 11 is 0. The van der Waals surface area contributed by atoms with Crippen molar-refractivity contribution in [2.45, 2.75) is 13.1 Å². The predicted molar refractivity (Wildman–Crippen MR) is 119 cm³/mol. The molecule has 0 bridgehead atoms. The highest BCUT2D eigenvalue weighted by Gasteiger charge is 2.22. The second-order valence-electron chi connectivity index (χ2n) is 7.33. The molecule has 0 radical (unpaired) electrons. The average molecular weight is 409 g/mol. The first-order chi connectivity index (χ1) is 15.2. The summed E-state index contributed by atoms with van der Waals surface area (Å²) < 4.78 is 5.80. The third-order valence-corrected chi connectivity index (χ3v) is 5.14. The minimum absolute atomic E-state index is 0.144. The summed E-state index contributed by atoms with van der Waals surface area (Å²) in [6, 6.07) is 26.1. The lowest BCUT2D eigenvalue weighted by molar-refractivity contribution is 0.0695. The third-order valence-electron chi connectivity index (χ3n) is 5.14. The van der Waals surface area contributed by atoms with E-state index in [1.807, 2.05) is 60.7 Å². The number of nitrogens with one attached hydrogen (secondary N) is 1. The van der Waals surface area contributed by atoms with Crippen LogP contribution in [0, 0.1) is 0 Å². The lowest BCUT2D eigenvalue weighted by Crippen LogP contribution is -2.31. The highest BCUT2D eigenvalue weighted by Crippen LogP contribution is 2.21. The maximum absolute atomic E-state index is 13.4. The quantitative estimate of drug-likeness (QED) is 0.463. The molecule has 1 N–H and O–H groups in total. The molecule has 0 aliphatic rings. The number of hydrogen-bond donors (Lipinski definition) is 1. The summed E-state index contributed by atoms with van der Waals surface area (Å²) in [5.41, 5.74) is 1.99. The fourth-order valence-corrected chi connectivity index (χ4v) is 3.64. The second-order valence-corrected chi connectivity index (χ2v) is 7.33. The first kappa shape index (κ1) is 18.8. The summed E-state index contributed by atoms with van der Waals surface area (Å²) in [5.74, 6) is 0.403. The molecule has 5 aromatic rings. The van der Waals surface area contributed by atoms with Gasteiger partial charge in [0, 0.05) is 11.9 Å². The zero-order valence-electron chi connectivity index (χ0n) is 16.6. The van der Waals surface area contributed by atoms with E-state index in [1.54, 1.807) is 29.2 Å². The Balaban J connectivity index is 1.52. The van der Waals surface area contributed by atoms with Crippen LogP contribution in [0.2, 0.25) is 0 Å². The number of hydrogen-bond acceptors (Lipinski definition) is 4.